The summed E-state index contributed by atoms with van der Waals surface area (Å²) in [4.78, 5) is 0. The summed E-state index contributed by atoms with van der Waals surface area (Å²) in [6.45, 7) is 0. The Kier molecular flexibility index (Phi) is 3.79. The third-order valence-corrected chi connectivity index (χ3v) is 1.60. The maximum Gasteiger partial charge on any atom is 0.0973 e. The minimum Gasteiger partial charge on any atom is -0.361 e. The lowest BCUT2D eigenvalue weighted by Gasteiger charge is -1.99. The Morgan fingerprint density at radius 3 is 2.57 bits per heavy atom. The van der Waals surface area contributed by atoms with Crippen molar-refractivity contribution in [2.45, 2.75) is 6.42 Å². The number of allylic oxidation sites excluding steroid dienone is 1. The number of nitriles is 2. The van der Waals surface area contributed by atoms with E-state index in [1.54, 1.807) is 6.20 Å². The van der Waals surface area contributed by atoms with E-state index >= 15 is 0 Å². The smallest absolute Gasteiger partial charge is 0.0973 e. The molecule has 0 bridgehead atoms. The van der Waals surface area contributed by atoms with Crippen LogP contribution in [0.4, 0.5) is 5.69 Å². The first kappa shape index (κ1) is 9.83. The molecule has 68 valence electrons. The van der Waals surface area contributed by atoms with Gasteiger partial charge in [-0.25, -0.2) is 0 Å². The highest BCUT2D eigenvalue weighted by Crippen LogP contribution is 2.06. The molecule has 0 unspecified atom stereocenters. The van der Waals surface area contributed by atoms with Gasteiger partial charge in [-0.1, -0.05) is 18.2 Å². The topological polar surface area (TPSA) is 59.6 Å². The first-order valence-electron chi connectivity index (χ1n) is 4.14. The molecule has 0 spiro atoms. The fourth-order valence-corrected chi connectivity index (χ4v) is 0.913. The maximum atomic E-state index is 8.63. The fourth-order valence-electron chi connectivity index (χ4n) is 0.913. The second-order valence-corrected chi connectivity index (χ2v) is 2.63. The fraction of sp³-hybridized carbons (Fsp3) is 0.0909. The molecular formula is C11H9N3. The molecule has 0 aliphatic rings. The van der Waals surface area contributed by atoms with Gasteiger partial charge in [0.25, 0.3) is 0 Å². The van der Waals surface area contributed by atoms with Crippen molar-refractivity contribution in [3.05, 3.63) is 42.1 Å². The maximum absolute atomic E-state index is 8.63. The summed E-state index contributed by atoms with van der Waals surface area (Å²) in [6.07, 6.45) is 1.69. The van der Waals surface area contributed by atoms with Crippen LogP contribution in [0.3, 0.4) is 0 Å². The number of benzene rings is 1. The van der Waals surface area contributed by atoms with Gasteiger partial charge in [0.1, 0.15) is 0 Å². The normalized spacial score (nSPS) is 10.0. The van der Waals surface area contributed by atoms with E-state index in [-0.39, 0.29) is 6.42 Å². The van der Waals surface area contributed by atoms with E-state index in [1.165, 1.54) is 0 Å². The summed E-state index contributed by atoms with van der Waals surface area (Å²) in [6, 6.07) is 13.3. The van der Waals surface area contributed by atoms with Crippen LogP contribution < -0.4 is 5.32 Å². The molecule has 0 aliphatic carbocycles. The first-order valence-corrected chi connectivity index (χ1v) is 4.14. The van der Waals surface area contributed by atoms with E-state index in [0.29, 0.717) is 5.57 Å². The predicted octanol–water partition coefficient (Wildman–Crippen LogP) is 2.42. The van der Waals surface area contributed by atoms with E-state index in [1.807, 2.05) is 42.5 Å². The van der Waals surface area contributed by atoms with Crippen LogP contribution in [0.1, 0.15) is 6.42 Å². The van der Waals surface area contributed by atoms with Crippen LogP contribution in [-0.4, -0.2) is 0 Å². The number of hydrogen-bond acceptors (Lipinski definition) is 3. The van der Waals surface area contributed by atoms with Gasteiger partial charge in [0.2, 0.25) is 0 Å². The number of nitrogens with zero attached hydrogens (tertiary/aromatic N) is 2. The Labute approximate surface area is 82.9 Å². The lowest BCUT2D eigenvalue weighted by molar-refractivity contribution is 1.26. The molecular weight excluding hydrogens is 174 g/mol. The molecule has 3 nitrogen and oxygen atoms in total. The molecule has 1 aromatic rings. The Hall–Kier alpha value is -2.26. The molecule has 0 saturated heterocycles. The average molecular weight is 183 g/mol. The van der Waals surface area contributed by atoms with E-state index in [2.05, 4.69) is 5.32 Å². The molecule has 14 heavy (non-hydrogen) atoms. The predicted molar refractivity (Wildman–Crippen MR) is 54.0 cm³/mol. The van der Waals surface area contributed by atoms with Gasteiger partial charge >= 0.3 is 0 Å². The Balaban J connectivity index is 2.64. The van der Waals surface area contributed by atoms with Crippen LogP contribution in [0, 0.1) is 22.7 Å². The van der Waals surface area contributed by atoms with Crippen LogP contribution in [-0.2, 0) is 0 Å². The third-order valence-electron chi connectivity index (χ3n) is 1.60. The third kappa shape index (κ3) is 3.00. The van der Waals surface area contributed by atoms with Gasteiger partial charge in [-0.05, 0) is 12.1 Å². The zero-order chi connectivity index (χ0) is 10.2. The van der Waals surface area contributed by atoms with Gasteiger partial charge in [0, 0.05) is 11.9 Å². The van der Waals surface area contributed by atoms with Gasteiger partial charge in [-0.15, -0.1) is 0 Å². The zero-order valence-electron chi connectivity index (χ0n) is 7.57. The minimum atomic E-state index is 0.135. The van der Waals surface area contributed by atoms with Crippen molar-refractivity contribution in [3.8, 4) is 12.1 Å². The molecule has 0 amide bonds. The summed E-state index contributed by atoms with van der Waals surface area (Å²) in [5.74, 6) is 0. The molecule has 0 aliphatic heterocycles. The van der Waals surface area contributed by atoms with E-state index in [0.717, 1.165) is 5.69 Å². The van der Waals surface area contributed by atoms with Crippen molar-refractivity contribution < 1.29 is 0 Å². The van der Waals surface area contributed by atoms with E-state index < -0.39 is 0 Å². The van der Waals surface area contributed by atoms with Crippen LogP contribution in [0.25, 0.3) is 0 Å². The highest BCUT2D eigenvalue weighted by Gasteiger charge is 1.92. The average Bonchev–Trinajstić information content (AvgIpc) is 2.25. The lowest BCUT2D eigenvalue weighted by Crippen LogP contribution is -1.89. The van der Waals surface area contributed by atoms with Gasteiger partial charge in [0.05, 0.1) is 24.1 Å². The van der Waals surface area contributed by atoms with Crippen LogP contribution in [0.5, 0.6) is 0 Å². The molecule has 0 fully saturated rings. The molecule has 0 saturated carbocycles. The molecule has 3 heteroatoms. The van der Waals surface area contributed by atoms with E-state index in [9.17, 15) is 0 Å². The first-order chi connectivity index (χ1) is 6.86. The van der Waals surface area contributed by atoms with Crippen molar-refractivity contribution >= 4 is 5.69 Å². The molecule has 0 atom stereocenters. The summed E-state index contributed by atoms with van der Waals surface area (Å²) < 4.78 is 0. The molecule has 0 aromatic heterocycles. The van der Waals surface area contributed by atoms with Gasteiger partial charge < -0.3 is 5.32 Å². The van der Waals surface area contributed by atoms with Crippen LogP contribution in [0.2, 0.25) is 0 Å². The summed E-state index contributed by atoms with van der Waals surface area (Å²) in [7, 11) is 0. The van der Waals surface area contributed by atoms with Crippen LogP contribution >= 0.6 is 0 Å². The summed E-state index contributed by atoms with van der Waals surface area (Å²) in [5, 5.41) is 20.0. The van der Waals surface area contributed by atoms with Gasteiger partial charge in [-0.2, -0.15) is 10.5 Å². The second-order valence-electron chi connectivity index (χ2n) is 2.63. The zero-order valence-corrected chi connectivity index (χ0v) is 7.57. The second kappa shape index (κ2) is 5.40. The molecule has 1 N–H and O–H groups in total. The quantitative estimate of drug-likeness (QED) is 0.732. The van der Waals surface area contributed by atoms with Gasteiger partial charge in [-0.3, -0.25) is 0 Å². The highest BCUT2D eigenvalue weighted by molar-refractivity contribution is 5.46. The van der Waals surface area contributed by atoms with Crippen molar-refractivity contribution in [2.24, 2.45) is 0 Å². The molecule has 1 rings (SSSR count). The SMILES string of the molecule is N#CCC(C#N)=CNc1ccccc1. The Morgan fingerprint density at radius 1 is 1.29 bits per heavy atom. The lowest BCUT2D eigenvalue weighted by atomic mass is 10.2. The Morgan fingerprint density at radius 2 is 2.00 bits per heavy atom. The molecule has 1 aromatic carbocycles. The summed E-state index contributed by atoms with van der Waals surface area (Å²) >= 11 is 0. The van der Waals surface area contributed by atoms with Crippen LogP contribution in [0.15, 0.2) is 42.1 Å². The minimum absolute atomic E-state index is 0.135. The highest BCUT2D eigenvalue weighted by atomic mass is 14.8. The van der Waals surface area contributed by atoms with Crippen molar-refractivity contribution in [1.82, 2.24) is 0 Å². The number of nitrogens with one attached hydrogen (secondary N) is 1. The number of anilines is 1. The van der Waals surface area contributed by atoms with Crippen molar-refractivity contribution in [2.75, 3.05) is 5.32 Å². The number of para-hydroxylation sites is 1. The standard InChI is InChI=1S/C11H9N3/c12-7-6-10(8-13)9-14-11-4-2-1-3-5-11/h1-5,9,14H,6H2. The van der Waals surface area contributed by atoms with Crippen molar-refractivity contribution in [1.29, 1.82) is 10.5 Å². The number of rotatable bonds is 3. The molecule has 0 heterocycles. The number of hydrogen-bond donors (Lipinski definition) is 1. The Bertz CT molecular complexity index is 393. The van der Waals surface area contributed by atoms with Gasteiger partial charge in [0.15, 0.2) is 0 Å². The monoisotopic (exact) mass is 183 g/mol. The van der Waals surface area contributed by atoms with E-state index in [4.69, 9.17) is 10.5 Å². The molecule has 0 radical (unpaired) electrons. The largest absolute Gasteiger partial charge is 0.361 e. The summed E-state index contributed by atoms with van der Waals surface area (Å²) in [5.41, 5.74) is 1.33. The van der Waals surface area contributed by atoms with Crippen molar-refractivity contribution in [3.63, 3.8) is 0 Å².